The van der Waals surface area contributed by atoms with Gasteiger partial charge in [-0.15, -0.1) is 0 Å². The summed E-state index contributed by atoms with van der Waals surface area (Å²) in [7, 11) is 3.78. The first-order valence-corrected chi connectivity index (χ1v) is 8.05. The van der Waals surface area contributed by atoms with Crippen LogP contribution >= 0.6 is 0 Å². The van der Waals surface area contributed by atoms with E-state index >= 15 is 0 Å². The first-order valence-electron chi connectivity index (χ1n) is 8.05. The van der Waals surface area contributed by atoms with Crippen molar-refractivity contribution in [3.05, 3.63) is 29.3 Å². The fourth-order valence-corrected chi connectivity index (χ4v) is 2.66. The molecule has 0 heterocycles. The van der Waals surface area contributed by atoms with E-state index in [2.05, 4.69) is 10.6 Å². The second-order valence-corrected chi connectivity index (χ2v) is 7.35. The fraction of sp³-hybridized carbons (Fsp3) is 0.588. The molecule has 0 aliphatic carbocycles. The van der Waals surface area contributed by atoms with E-state index in [0.717, 1.165) is 6.54 Å². The monoisotopic (exact) mass is 399 g/mol. The second-order valence-electron chi connectivity index (χ2n) is 7.35. The Balaban J connectivity index is 2.81. The smallest absolute Gasteiger partial charge is 0.325 e. The standard InChI is InChI=1S/C17H23F6N3O/c1-15(2,10-26(3)4)9-24-8-14(27)25-13-6-11(16(18,19)20)5-12(7-13)17(21,22)23/h5-7,24H,8-10H2,1-4H3,(H,25,27). The van der Waals surface area contributed by atoms with Crippen LogP contribution in [0.5, 0.6) is 0 Å². The van der Waals surface area contributed by atoms with E-state index in [4.69, 9.17) is 0 Å². The number of amides is 1. The first-order chi connectivity index (χ1) is 12.1. The minimum Gasteiger partial charge on any atom is -0.325 e. The molecular weight excluding hydrogens is 376 g/mol. The van der Waals surface area contributed by atoms with Crippen molar-refractivity contribution in [1.82, 2.24) is 10.2 Å². The molecular formula is C17H23F6N3O. The number of rotatable bonds is 7. The molecule has 1 aromatic carbocycles. The zero-order chi connectivity index (χ0) is 21.0. The van der Waals surface area contributed by atoms with Crippen LogP contribution in [0.2, 0.25) is 0 Å². The molecule has 1 amide bonds. The number of hydrogen-bond acceptors (Lipinski definition) is 3. The average molecular weight is 399 g/mol. The lowest BCUT2D eigenvalue weighted by Gasteiger charge is -2.28. The molecule has 0 saturated carbocycles. The van der Waals surface area contributed by atoms with Gasteiger partial charge in [-0.25, -0.2) is 0 Å². The molecule has 0 radical (unpaired) electrons. The van der Waals surface area contributed by atoms with Gasteiger partial charge in [0.25, 0.3) is 0 Å². The number of halogens is 6. The third kappa shape index (κ3) is 8.17. The molecule has 154 valence electrons. The molecule has 27 heavy (non-hydrogen) atoms. The predicted octanol–water partition coefficient (Wildman–Crippen LogP) is 3.84. The van der Waals surface area contributed by atoms with Crippen molar-refractivity contribution in [3.8, 4) is 0 Å². The molecule has 0 aromatic heterocycles. The van der Waals surface area contributed by atoms with Crippen LogP contribution in [-0.4, -0.2) is 44.5 Å². The summed E-state index contributed by atoms with van der Waals surface area (Å²) in [5.41, 5.74) is -3.69. The highest BCUT2D eigenvalue weighted by Gasteiger charge is 2.37. The zero-order valence-corrected chi connectivity index (χ0v) is 15.5. The van der Waals surface area contributed by atoms with Crippen LogP contribution in [0, 0.1) is 5.41 Å². The molecule has 1 aromatic rings. The highest BCUT2D eigenvalue weighted by Crippen LogP contribution is 2.37. The minimum absolute atomic E-state index is 0.0116. The maximum absolute atomic E-state index is 12.8. The van der Waals surface area contributed by atoms with Crippen molar-refractivity contribution in [2.75, 3.05) is 39.0 Å². The van der Waals surface area contributed by atoms with Crippen LogP contribution in [-0.2, 0) is 17.1 Å². The maximum atomic E-state index is 12.8. The molecule has 0 aliphatic rings. The van der Waals surface area contributed by atoms with Crippen molar-refractivity contribution in [1.29, 1.82) is 0 Å². The molecule has 2 N–H and O–H groups in total. The Hall–Kier alpha value is -1.81. The second kappa shape index (κ2) is 8.47. The van der Waals surface area contributed by atoms with Gasteiger partial charge in [-0.3, -0.25) is 4.79 Å². The number of carbonyl (C=O) groups is 1. The number of benzene rings is 1. The summed E-state index contributed by atoms with van der Waals surface area (Å²) in [4.78, 5) is 13.9. The van der Waals surface area contributed by atoms with E-state index in [1.807, 2.05) is 32.8 Å². The summed E-state index contributed by atoms with van der Waals surface area (Å²) < 4.78 is 76.9. The van der Waals surface area contributed by atoms with Crippen molar-refractivity contribution in [3.63, 3.8) is 0 Å². The van der Waals surface area contributed by atoms with Gasteiger partial charge < -0.3 is 15.5 Å². The molecule has 0 saturated heterocycles. The molecule has 0 aliphatic heterocycles. The lowest BCUT2D eigenvalue weighted by molar-refractivity contribution is -0.143. The summed E-state index contributed by atoms with van der Waals surface area (Å²) in [6.07, 6.45) is -9.93. The number of anilines is 1. The largest absolute Gasteiger partial charge is 0.416 e. The molecule has 0 atom stereocenters. The van der Waals surface area contributed by atoms with Gasteiger partial charge in [0.1, 0.15) is 0 Å². The number of hydrogen-bond donors (Lipinski definition) is 2. The average Bonchev–Trinajstić information content (AvgIpc) is 2.43. The normalized spacial score (nSPS) is 13.1. The summed E-state index contributed by atoms with van der Waals surface area (Å²) in [5, 5.41) is 4.94. The van der Waals surface area contributed by atoms with Crippen LogP contribution in [0.1, 0.15) is 25.0 Å². The van der Waals surface area contributed by atoms with Crippen LogP contribution in [0.15, 0.2) is 18.2 Å². The Morgan fingerprint density at radius 3 is 1.85 bits per heavy atom. The Morgan fingerprint density at radius 1 is 0.963 bits per heavy atom. The Morgan fingerprint density at radius 2 is 1.44 bits per heavy atom. The molecule has 0 spiro atoms. The van der Waals surface area contributed by atoms with E-state index in [-0.39, 0.29) is 18.0 Å². The Labute approximate surface area is 153 Å². The topological polar surface area (TPSA) is 44.4 Å². The molecule has 4 nitrogen and oxygen atoms in total. The van der Waals surface area contributed by atoms with Crippen LogP contribution in [0.25, 0.3) is 0 Å². The van der Waals surface area contributed by atoms with Crippen LogP contribution in [0.4, 0.5) is 32.0 Å². The zero-order valence-electron chi connectivity index (χ0n) is 15.5. The van der Waals surface area contributed by atoms with Gasteiger partial charge >= 0.3 is 12.4 Å². The van der Waals surface area contributed by atoms with Crippen molar-refractivity contribution >= 4 is 11.6 Å². The highest BCUT2D eigenvalue weighted by molar-refractivity contribution is 5.92. The van der Waals surface area contributed by atoms with E-state index < -0.39 is 35.1 Å². The third-order valence-corrected chi connectivity index (χ3v) is 3.50. The number of nitrogens with zero attached hydrogens (tertiary/aromatic N) is 1. The van der Waals surface area contributed by atoms with E-state index in [1.165, 1.54) is 0 Å². The number of carbonyl (C=O) groups excluding carboxylic acids is 1. The molecule has 0 unspecified atom stereocenters. The van der Waals surface area contributed by atoms with Gasteiger partial charge in [0.15, 0.2) is 0 Å². The quantitative estimate of drug-likeness (QED) is 0.685. The van der Waals surface area contributed by atoms with Crippen molar-refractivity contribution in [2.24, 2.45) is 5.41 Å². The van der Waals surface area contributed by atoms with Gasteiger partial charge in [-0.1, -0.05) is 13.8 Å². The molecule has 1 rings (SSSR count). The van der Waals surface area contributed by atoms with Gasteiger partial charge in [0.05, 0.1) is 17.7 Å². The summed E-state index contributed by atoms with van der Waals surface area (Å²) in [5.74, 6) is -0.733. The first kappa shape index (κ1) is 23.2. The fourth-order valence-electron chi connectivity index (χ4n) is 2.66. The summed E-state index contributed by atoms with van der Waals surface area (Å²) in [6, 6.07) is 0.962. The molecule has 10 heteroatoms. The van der Waals surface area contributed by atoms with Crippen molar-refractivity contribution < 1.29 is 31.1 Å². The van der Waals surface area contributed by atoms with E-state index in [9.17, 15) is 31.1 Å². The minimum atomic E-state index is -4.96. The lowest BCUT2D eigenvalue weighted by atomic mass is 9.93. The Bertz CT molecular complexity index is 621. The van der Waals surface area contributed by atoms with Crippen molar-refractivity contribution in [2.45, 2.75) is 26.2 Å². The summed E-state index contributed by atoms with van der Waals surface area (Å²) in [6.45, 7) is 4.84. The molecule has 0 fully saturated rings. The summed E-state index contributed by atoms with van der Waals surface area (Å²) >= 11 is 0. The van der Waals surface area contributed by atoms with Gasteiger partial charge in [-0.05, 0) is 37.7 Å². The maximum Gasteiger partial charge on any atom is 0.416 e. The van der Waals surface area contributed by atoms with E-state index in [0.29, 0.717) is 18.7 Å². The van der Waals surface area contributed by atoms with Gasteiger partial charge in [0, 0.05) is 18.8 Å². The predicted molar refractivity (Wildman–Crippen MR) is 90.3 cm³/mol. The number of alkyl halides is 6. The SMILES string of the molecule is CN(C)CC(C)(C)CNCC(=O)Nc1cc(C(F)(F)F)cc(C(F)(F)F)c1. The highest BCUT2D eigenvalue weighted by atomic mass is 19.4. The van der Waals surface area contributed by atoms with E-state index in [1.54, 1.807) is 0 Å². The Kier molecular flexibility index (Phi) is 7.29. The third-order valence-electron chi connectivity index (χ3n) is 3.50. The van der Waals surface area contributed by atoms with Crippen LogP contribution in [0.3, 0.4) is 0 Å². The van der Waals surface area contributed by atoms with Crippen LogP contribution < -0.4 is 10.6 Å². The van der Waals surface area contributed by atoms with Gasteiger partial charge in [-0.2, -0.15) is 26.3 Å². The lowest BCUT2D eigenvalue weighted by Crippen LogP contribution is -2.40. The number of nitrogens with one attached hydrogen (secondary N) is 2. The molecule has 0 bridgehead atoms. The van der Waals surface area contributed by atoms with Gasteiger partial charge in [0.2, 0.25) is 5.91 Å².